The Bertz CT molecular complexity index is 537. The van der Waals surface area contributed by atoms with Gasteiger partial charge in [-0.3, -0.25) is 0 Å². The summed E-state index contributed by atoms with van der Waals surface area (Å²) in [6.07, 6.45) is 4.08. The normalized spacial score (nSPS) is 16.6. The molecule has 0 unspecified atom stereocenters. The van der Waals surface area contributed by atoms with Crippen LogP contribution in [0.2, 0.25) is 0 Å². The van der Waals surface area contributed by atoms with E-state index in [1.807, 2.05) is 6.07 Å². The van der Waals surface area contributed by atoms with Crippen molar-refractivity contribution in [2.45, 2.75) is 37.5 Å². The van der Waals surface area contributed by atoms with Gasteiger partial charge in [-0.05, 0) is 30.5 Å². The van der Waals surface area contributed by atoms with Crippen LogP contribution in [0.15, 0.2) is 24.3 Å². The van der Waals surface area contributed by atoms with Gasteiger partial charge in [-0.15, -0.1) is 0 Å². The van der Waals surface area contributed by atoms with E-state index >= 15 is 0 Å². The van der Waals surface area contributed by atoms with Crippen LogP contribution >= 0.6 is 0 Å². The molecule has 1 fully saturated rings. The van der Waals surface area contributed by atoms with Crippen molar-refractivity contribution in [2.75, 3.05) is 0 Å². The van der Waals surface area contributed by atoms with Gasteiger partial charge in [-0.25, -0.2) is 13.1 Å². The second kappa shape index (κ2) is 5.51. The van der Waals surface area contributed by atoms with Gasteiger partial charge in [0.25, 0.3) is 0 Å². The molecule has 0 aliphatic heterocycles. The van der Waals surface area contributed by atoms with Crippen LogP contribution in [0.3, 0.4) is 0 Å². The lowest BCUT2D eigenvalue weighted by molar-refractivity contribution is 0.551. The fraction of sp³-hybridized carbons (Fsp3) is 0.462. The summed E-state index contributed by atoms with van der Waals surface area (Å²) in [4.78, 5) is 0. The Morgan fingerprint density at radius 2 is 1.83 bits per heavy atom. The van der Waals surface area contributed by atoms with Gasteiger partial charge in [-0.2, -0.15) is 5.26 Å². The first kappa shape index (κ1) is 13.1. The number of nitrogens with zero attached hydrogens (tertiary/aromatic N) is 1. The van der Waals surface area contributed by atoms with E-state index in [1.54, 1.807) is 24.3 Å². The molecule has 0 radical (unpaired) electrons. The standard InChI is InChI=1S/C13H16N2O2S/c14-9-11-5-7-12(8-6-11)10-18(16,17)15-13-3-1-2-4-13/h5-8,13,15H,1-4,10H2. The fourth-order valence-corrected chi connectivity index (χ4v) is 3.69. The molecule has 0 heterocycles. The van der Waals surface area contributed by atoms with E-state index in [0.717, 1.165) is 25.7 Å². The van der Waals surface area contributed by atoms with Crippen LogP contribution < -0.4 is 4.72 Å². The molecule has 0 aromatic heterocycles. The van der Waals surface area contributed by atoms with Gasteiger partial charge in [-0.1, -0.05) is 25.0 Å². The molecule has 1 saturated carbocycles. The Morgan fingerprint density at radius 3 is 2.39 bits per heavy atom. The van der Waals surface area contributed by atoms with Gasteiger partial charge < -0.3 is 0 Å². The fourth-order valence-electron chi connectivity index (χ4n) is 2.23. The number of sulfonamides is 1. The first-order chi connectivity index (χ1) is 8.59. The number of rotatable bonds is 4. The molecule has 1 aliphatic rings. The molecule has 18 heavy (non-hydrogen) atoms. The molecule has 0 amide bonds. The van der Waals surface area contributed by atoms with Crippen molar-refractivity contribution in [3.05, 3.63) is 35.4 Å². The average molecular weight is 264 g/mol. The van der Waals surface area contributed by atoms with E-state index in [9.17, 15) is 8.42 Å². The van der Waals surface area contributed by atoms with E-state index < -0.39 is 10.0 Å². The Labute approximate surface area is 108 Å². The molecule has 0 atom stereocenters. The highest BCUT2D eigenvalue weighted by molar-refractivity contribution is 7.88. The molecular formula is C13H16N2O2S. The summed E-state index contributed by atoms with van der Waals surface area (Å²) in [5.74, 6) is -0.0186. The van der Waals surface area contributed by atoms with Crippen molar-refractivity contribution in [3.63, 3.8) is 0 Å². The third kappa shape index (κ3) is 3.56. The quantitative estimate of drug-likeness (QED) is 0.903. The summed E-state index contributed by atoms with van der Waals surface area (Å²) in [7, 11) is -3.27. The zero-order valence-electron chi connectivity index (χ0n) is 10.1. The van der Waals surface area contributed by atoms with Crippen molar-refractivity contribution in [1.82, 2.24) is 4.72 Å². The molecule has 96 valence electrons. The third-order valence-electron chi connectivity index (χ3n) is 3.14. The minimum Gasteiger partial charge on any atom is -0.212 e. The minimum absolute atomic E-state index is 0.0186. The molecule has 0 spiro atoms. The summed E-state index contributed by atoms with van der Waals surface area (Å²) in [6.45, 7) is 0. The number of benzene rings is 1. The molecule has 5 heteroatoms. The van der Waals surface area contributed by atoms with Crippen molar-refractivity contribution in [2.24, 2.45) is 0 Å². The Kier molecular flexibility index (Phi) is 4.00. The first-order valence-electron chi connectivity index (χ1n) is 6.08. The molecule has 1 aromatic carbocycles. The highest BCUT2D eigenvalue weighted by atomic mass is 32.2. The molecule has 1 aliphatic carbocycles. The van der Waals surface area contributed by atoms with Crippen LogP contribution in [0.4, 0.5) is 0 Å². The molecule has 2 rings (SSSR count). The molecule has 0 saturated heterocycles. The maximum absolute atomic E-state index is 11.9. The van der Waals surface area contributed by atoms with Crippen LogP contribution in [0.1, 0.15) is 36.8 Å². The van der Waals surface area contributed by atoms with Gasteiger partial charge >= 0.3 is 0 Å². The average Bonchev–Trinajstić information content (AvgIpc) is 2.81. The van der Waals surface area contributed by atoms with E-state index in [4.69, 9.17) is 5.26 Å². The monoisotopic (exact) mass is 264 g/mol. The van der Waals surface area contributed by atoms with Crippen molar-refractivity contribution in [1.29, 1.82) is 5.26 Å². The van der Waals surface area contributed by atoms with Crippen molar-refractivity contribution >= 4 is 10.0 Å². The van der Waals surface area contributed by atoms with Crippen molar-refractivity contribution in [3.8, 4) is 6.07 Å². The molecular weight excluding hydrogens is 248 g/mol. The van der Waals surface area contributed by atoms with Crippen LogP contribution in [0, 0.1) is 11.3 Å². The smallest absolute Gasteiger partial charge is 0.212 e. The Hall–Kier alpha value is -1.38. The van der Waals surface area contributed by atoms with Gasteiger partial charge in [0, 0.05) is 6.04 Å². The maximum atomic E-state index is 11.9. The number of nitriles is 1. The summed E-state index contributed by atoms with van der Waals surface area (Å²) < 4.78 is 26.6. The van der Waals surface area contributed by atoms with E-state index in [2.05, 4.69) is 4.72 Å². The second-order valence-corrected chi connectivity index (χ2v) is 6.42. The first-order valence-corrected chi connectivity index (χ1v) is 7.73. The molecule has 1 aromatic rings. The SMILES string of the molecule is N#Cc1ccc(CS(=O)(=O)NC2CCCC2)cc1. The van der Waals surface area contributed by atoms with Crippen LogP contribution in [0.25, 0.3) is 0 Å². The van der Waals surface area contributed by atoms with Gasteiger partial charge in [0.1, 0.15) is 0 Å². The Balaban J connectivity index is 2.00. The summed E-state index contributed by atoms with van der Waals surface area (Å²) in [6, 6.07) is 8.77. The van der Waals surface area contributed by atoms with E-state index in [-0.39, 0.29) is 11.8 Å². The zero-order valence-corrected chi connectivity index (χ0v) is 10.9. The van der Waals surface area contributed by atoms with Crippen LogP contribution in [0.5, 0.6) is 0 Å². The summed E-state index contributed by atoms with van der Waals surface area (Å²) >= 11 is 0. The van der Waals surface area contributed by atoms with Gasteiger partial charge in [0.05, 0.1) is 17.4 Å². The van der Waals surface area contributed by atoms with Crippen LogP contribution in [-0.2, 0) is 15.8 Å². The highest BCUT2D eigenvalue weighted by Crippen LogP contribution is 2.19. The highest BCUT2D eigenvalue weighted by Gasteiger charge is 2.21. The van der Waals surface area contributed by atoms with Gasteiger partial charge in [0.2, 0.25) is 10.0 Å². The van der Waals surface area contributed by atoms with Gasteiger partial charge in [0.15, 0.2) is 0 Å². The predicted molar refractivity (Wildman–Crippen MR) is 69.2 cm³/mol. The number of hydrogen-bond acceptors (Lipinski definition) is 3. The second-order valence-electron chi connectivity index (χ2n) is 4.67. The largest absolute Gasteiger partial charge is 0.216 e. The Morgan fingerprint density at radius 1 is 1.22 bits per heavy atom. The maximum Gasteiger partial charge on any atom is 0.216 e. The summed E-state index contributed by atoms with van der Waals surface area (Å²) in [5.41, 5.74) is 1.25. The predicted octanol–water partition coefficient (Wildman–Crippen LogP) is 1.92. The molecule has 4 nitrogen and oxygen atoms in total. The lowest BCUT2D eigenvalue weighted by atomic mass is 10.2. The lowest BCUT2D eigenvalue weighted by Crippen LogP contribution is -2.33. The third-order valence-corrected chi connectivity index (χ3v) is 4.55. The zero-order chi connectivity index (χ0) is 13.0. The van der Waals surface area contributed by atoms with Crippen molar-refractivity contribution < 1.29 is 8.42 Å². The molecule has 0 bridgehead atoms. The lowest BCUT2D eigenvalue weighted by Gasteiger charge is -2.12. The summed E-state index contributed by atoms with van der Waals surface area (Å²) in [5, 5.41) is 8.67. The van der Waals surface area contributed by atoms with Crippen LogP contribution in [-0.4, -0.2) is 14.5 Å². The van der Waals surface area contributed by atoms with E-state index in [0.29, 0.717) is 11.1 Å². The number of nitrogens with one attached hydrogen (secondary N) is 1. The van der Waals surface area contributed by atoms with E-state index in [1.165, 1.54) is 0 Å². The minimum atomic E-state index is -3.27. The topological polar surface area (TPSA) is 70.0 Å². The molecule has 1 N–H and O–H groups in total. The number of hydrogen-bond donors (Lipinski definition) is 1.